The molecular weight excluding hydrogens is 258 g/mol. The second-order valence-electron chi connectivity index (χ2n) is 4.60. The summed E-state index contributed by atoms with van der Waals surface area (Å²) in [5, 5.41) is 8.80. The molecule has 2 aromatic rings. The topological polar surface area (TPSA) is 98.7 Å². The summed E-state index contributed by atoms with van der Waals surface area (Å²) in [5.74, 6) is -0.207. The lowest BCUT2D eigenvalue weighted by molar-refractivity contribution is 0.0962. The summed E-state index contributed by atoms with van der Waals surface area (Å²) in [6.07, 6.45) is 0. The molecule has 0 radical (unpaired) electrons. The molecule has 1 aliphatic rings. The highest BCUT2D eigenvalue weighted by Gasteiger charge is 2.25. The first-order valence-electron chi connectivity index (χ1n) is 6.12. The lowest BCUT2D eigenvalue weighted by Crippen LogP contribution is -2.33. The summed E-state index contributed by atoms with van der Waals surface area (Å²) >= 11 is 0. The second-order valence-corrected chi connectivity index (χ2v) is 4.60. The molecule has 1 aromatic carbocycles. The van der Waals surface area contributed by atoms with E-state index in [0.717, 1.165) is 5.56 Å². The Labute approximate surface area is 113 Å². The van der Waals surface area contributed by atoms with Crippen molar-refractivity contribution in [2.24, 2.45) is 0 Å². The Hall–Kier alpha value is -2.65. The maximum atomic E-state index is 11.8. The van der Waals surface area contributed by atoms with Crippen molar-refractivity contribution in [3.63, 3.8) is 0 Å². The minimum Gasteiger partial charge on any atom is -0.375 e. The van der Waals surface area contributed by atoms with Crippen LogP contribution in [0.15, 0.2) is 33.9 Å². The van der Waals surface area contributed by atoms with Gasteiger partial charge in [-0.25, -0.2) is 4.79 Å². The standard InChI is InChI=1S/C14H11N3O3/c15-5-8-1-3-9(4-2-8)10-6-20-7-11-12(10)16-14(19)17-13(11)18/h1-4,10H,6-7H2,(H2,16,17,18,19). The number of benzene rings is 1. The summed E-state index contributed by atoms with van der Waals surface area (Å²) in [7, 11) is 0. The molecule has 0 saturated carbocycles. The van der Waals surface area contributed by atoms with Crippen molar-refractivity contribution in [2.75, 3.05) is 6.61 Å². The van der Waals surface area contributed by atoms with Crippen LogP contribution in [0.2, 0.25) is 0 Å². The molecule has 0 amide bonds. The Morgan fingerprint density at radius 2 is 1.95 bits per heavy atom. The van der Waals surface area contributed by atoms with Crippen LogP contribution in [0.5, 0.6) is 0 Å². The van der Waals surface area contributed by atoms with E-state index in [2.05, 4.69) is 16.0 Å². The van der Waals surface area contributed by atoms with Gasteiger partial charge in [0.2, 0.25) is 0 Å². The van der Waals surface area contributed by atoms with Gasteiger partial charge in [-0.1, -0.05) is 12.1 Å². The number of aromatic nitrogens is 2. The SMILES string of the molecule is N#Cc1ccc(C2COCc3c2[nH]c(=O)[nH]c3=O)cc1. The highest BCUT2D eigenvalue weighted by molar-refractivity contribution is 5.38. The van der Waals surface area contributed by atoms with E-state index < -0.39 is 11.2 Å². The molecule has 0 spiro atoms. The van der Waals surface area contributed by atoms with Crippen LogP contribution in [0.25, 0.3) is 0 Å². The second kappa shape index (κ2) is 4.79. The first-order valence-corrected chi connectivity index (χ1v) is 6.12. The molecule has 6 nitrogen and oxygen atoms in total. The number of aromatic amines is 2. The van der Waals surface area contributed by atoms with E-state index in [0.29, 0.717) is 23.4 Å². The number of nitriles is 1. The van der Waals surface area contributed by atoms with Crippen LogP contribution in [0.3, 0.4) is 0 Å². The van der Waals surface area contributed by atoms with E-state index in [1.54, 1.807) is 24.3 Å². The fourth-order valence-corrected chi connectivity index (χ4v) is 2.39. The Balaban J connectivity index is 2.12. The lowest BCUT2D eigenvalue weighted by atomic mass is 9.91. The van der Waals surface area contributed by atoms with Gasteiger partial charge in [-0.05, 0) is 17.7 Å². The van der Waals surface area contributed by atoms with Crippen LogP contribution < -0.4 is 11.2 Å². The molecule has 3 rings (SSSR count). The summed E-state index contributed by atoms with van der Waals surface area (Å²) in [4.78, 5) is 28.1. The van der Waals surface area contributed by atoms with Crippen molar-refractivity contribution in [1.82, 2.24) is 9.97 Å². The average molecular weight is 269 g/mol. The molecule has 0 bridgehead atoms. The fraction of sp³-hybridized carbons (Fsp3) is 0.214. The number of rotatable bonds is 1. The molecule has 1 aliphatic heterocycles. The highest BCUT2D eigenvalue weighted by Crippen LogP contribution is 2.28. The third kappa shape index (κ3) is 2.04. The van der Waals surface area contributed by atoms with Gasteiger partial charge in [-0.15, -0.1) is 0 Å². The van der Waals surface area contributed by atoms with E-state index in [1.165, 1.54) is 0 Å². The molecule has 100 valence electrons. The predicted octanol–water partition coefficient (Wildman–Crippen LogP) is 0.597. The van der Waals surface area contributed by atoms with Crippen LogP contribution in [0.4, 0.5) is 0 Å². The predicted molar refractivity (Wildman–Crippen MR) is 70.3 cm³/mol. The van der Waals surface area contributed by atoms with Gasteiger partial charge < -0.3 is 9.72 Å². The van der Waals surface area contributed by atoms with Crippen LogP contribution >= 0.6 is 0 Å². The van der Waals surface area contributed by atoms with E-state index in [1.807, 2.05) is 0 Å². The van der Waals surface area contributed by atoms with Gasteiger partial charge in [0.1, 0.15) is 0 Å². The Kier molecular flexibility index (Phi) is 2.97. The maximum Gasteiger partial charge on any atom is 0.325 e. The quantitative estimate of drug-likeness (QED) is 0.791. The third-order valence-electron chi connectivity index (χ3n) is 3.40. The number of hydrogen-bond donors (Lipinski definition) is 2. The summed E-state index contributed by atoms with van der Waals surface area (Å²) in [6, 6.07) is 9.07. The van der Waals surface area contributed by atoms with Crippen molar-refractivity contribution in [3.05, 3.63) is 67.5 Å². The number of hydrogen-bond acceptors (Lipinski definition) is 4. The van der Waals surface area contributed by atoms with E-state index >= 15 is 0 Å². The van der Waals surface area contributed by atoms with E-state index in [-0.39, 0.29) is 12.5 Å². The fourth-order valence-electron chi connectivity index (χ4n) is 2.39. The van der Waals surface area contributed by atoms with Crippen LogP contribution in [-0.2, 0) is 11.3 Å². The molecule has 2 N–H and O–H groups in total. The minimum absolute atomic E-state index is 0.189. The van der Waals surface area contributed by atoms with Crippen molar-refractivity contribution >= 4 is 0 Å². The average Bonchev–Trinajstić information content (AvgIpc) is 2.47. The summed E-state index contributed by atoms with van der Waals surface area (Å²) in [6.45, 7) is 0.576. The molecule has 0 saturated heterocycles. The van der Waals surface area contributed by atoms with E-state index in [9.17, 15) is 9.59 Å². The van der Waals surface area contributed by atoms with Crippen LogP contribution in [0, 0.1) is 11.3 Å². The molecule has 1 aromatic heterocycles. The zero-order valence-electron chi connectivity index (χ0n) is 10.5. The lowest BCUT2D eigenvalue weighted by Gasteiger charge is -2.24. The van der Waals surface area contributed by atoms with Gasteiger partial charge in [-0.2, -0.15) is 5.26 Å². The molecule has 6 heteroatoms. The zero-order valence-corrected chi connectivity index (χ0v) is 10.5. The molecule has 0 aliphatic carbocycles. The van der Waals surface area contributed by atoms with Crippen molar-refractivity contribution < 1.29 is 4.74 Å². The Bertz CT molecular complexity index is 796. The Morgan fingerprint density at radius 1 is 1.20 bits per heavy atom. The first kappa shape index (κ1) is 12.4. The van der Waals surface area contributed by atoms with Crippen molar-refractivity contribution in [3.8, 4) is 6.07 Å². The van der Waals surface area contributed by atoms with Crippen LogP contribution in [0.1, 0.15) is 28.3 Å². The normalized spacial score (nSPS) is 17.2. The molecule has 20 heavy (non-hydrogen) atoms. The molecule has 2 heterocycles. The third-order valence-corrected chi connectivity index (χ3v) is 3.40. The highest BCUT2D eigenvalue weighted by atomic mass is 16.5. The van der Waals surface area contributed by atoms with Gasteiger partial charge in [0, 0.05) is 11.6 Å². The van der Waals surface area contributed by atoms with Crippen LogP contribution in [-0.4, -0.2) is 16.6 Å². The largest absolute Gasteiger partial charge is 0.375 e. The van der Waals surface area contributed by atoms with E-state index in [4.69, 9.17) is 10.00 Å². The van der Waals surface area contributed by atoms with Gasteiger partial charge in [-0.3, -0.25) is 9.78 Å². The monoisotopic (exact) mass is 269 g/mol. The summed E-state index contributed by atoms with van der Waals surface area (Å²) < 4.78 is 5.43. The first-order chi connectivity index (χ1) is 9.69. The molecule has 1 unspecified atom stereocenters. The van der Waals surface area contributed by atoms with Crippen molar-refractivity contribution in [2.45, 2.75) is 12.5 Å². The smallest absolute Gasteiger partial charge is 0.325 e. The van der Waals surface area contributed by atoms with Gasteiger partial charge in [0.25, 0.3) is 5.56 Å². The number of H-pyrrole nitrogens is 2. The van der Waals surface area contributed by atoms with Gasteiger partial charge >= 0.3 is 5.69 Å². The number of nitrogens with zero attached hydrogens (tertiary/aromatic N) is 1. The summed E-state index contributed by atoms with van der Waals surface area (Å²) in [5.41, 5.74) is 1.56. The Morgan fingerprint density at radius 3 is 2.65 bits per heavy atom. The molecule has 1 atom stereocenters. The zero-order chi connectivity index (χ0) is 14.1. The molecule has 0 fully saturated rings. The van der Waals surface area contributed by atoms with Gasteiger partial charge in [0.15, 0.2) is 0 Å². The molecular formula is C14H11N3O3. The number of nitrogens with one attached hydrogen (secondary N) is 2. The van der Waals surface area contributed by atoms with Gasteiger partial charge in [0.05, 0.1) is 30.4 Å². The minimum atomic E-state index is -0.519. The van der Waals surface area contributed by atoms with Crippen molar-refractivity contribution in [1.29, 1.82) is 5.26 Å². The maximum absolute atomic E-state index is 11.8. The number of ether oxygens (including phenoxy) is 1. The number of fused-ring (bicyclic) bond motifs is 1.